The fourth-order valence-corrected chi connectivity index (χ4v) is 3.81. The van der Waals surface area contributed by atoms with Gasteiger partial charge in [0.05, 0.1) is 22.8 Å². The summed E-state index contributed by atoms with van der Waals surface area (Å²) in [6.07, 6.45) is 0. The summed E-state index contributed by atoms with van der Waals surface area (Å²) in [4.78, 5) is 27.4. The zero-order valence-electron chi connectivity index (χ0n) is 18.2. The number of nitrogens with zero attached hydrogens (tertiary/aromatic N) is 5. The molecule has 3 aromatic rings. The first kappa shape index (κ1) is 21.5. The average molecular weight is 435 g/mol. The van der Waals surface area contributed by atoms with Crippen molar-refractivity contribution in [2.45, 2.75) is 13.8 Å². The van der Waals surface area contributed by atoms with Crippen molar-refractivity contribution in [1.82, 2.24) is 14.7 Å². The molecule has 1 saturated heterocycles. The second-order valence-corrected chi connectivity index (χ2v) is 8.00. The van der Waals surface area contributed by atoms with Gasteiger partial charge in [0.2, 0.25) is 5.91 Å². The normalized spacial score (nSPS) is 14.4. The van der Waals surface area contributed by atoms with Crippen LogP contribution >= 0.6 is 0 Å². The van der Waals surface area contributed by atoms with E-state index in [9.17, 15) is 14.9 Å². The molecule has 1 fully saturated rings. The number of carbonyl (C=O) groups is 1. The molecule has 9 heteroatoms. The zero-order chi connectivity index (χ0) is 22.7. The lowest BCUT2D eigenvalue weighted by molar-refractivity contribution is -0.384. The van der Waals surface area contributed by atoms with E-state index in [1.165, 1.54) is 12.1 Å². The Morgan fingerprint density at radius 2 is 1.62 bits per heavy atom. The van der Waals surface area contributed by atoms with Gasteiger partial charge < -0.3 is 10.2 Å². The maximum atomic E-state index is 12.7. The molecule has 0 bridgehead atoms. The third-order valence-electron chi connectivity index (χ3n) is 5.54. The number of nitro benzene ring substituents is 1. The van der Waals surface area contributed by atoms with Crippen molar-refractivity contribution in [3.63, 3.8) is 0 Å². The Kier molecular flexibility index (Phi) is 6.18. The first-order chi connectivity index (χ1) is 15.4. The van der Waals surface area contributed by atoms with E-state index < -0.39 is 4.92 Å². The van der Waals surface area contributed by atoms with Crippen molar-refractivity contribution in [3.8, 4) is 5.69 Å². The topological polar surface area (TPSA) is 96.5 Å². The van der Waals surface area contributed by atoms with E-state index in [0.717, 1.165) is 48.8 Å². The molecular formula is C23H26N6O3. The van der Waals surface area contributed by atoms with Crippen molar-refractivity contribution in [2.75, 3.05) is 42.9 Å². The first-order valence-corrected chi connectivity index (χ1v) is 10.5. The molecule has 0 radical (unpaired) electrons. The summed E-state index contributed by atoms with van der Waals surface area (Å²) in [6, 6.07) is 16.4. The van der Waals surface area contributed by atoms with Gasteiger partial charge in [0.15, 0.2) is 0 Å². The second kappa shape index (κ2) is 9.19. The highest BCUT2D eigenvalue weighted by atomic mass is 16.6. The maximum absolute atomic E-state index is 12.7. The molecule has 0 aliphatic carbocycles. The Hall–Kier alpha value is -3.72. The highest BCUT2D eigenvalue weighted by Crippen LogP contribution is 2.21. The highest BCUT2D eigenvalue weighted by molar-refractivity contribution is 5.91. The molecule has 0 spiro atoms. The molecule has 2 heterocycles. The number of nitrogens with one attached hydrogen (secondary N) is 1. The summed E-state index contributed by atoms with van der Waals surface area (Å²) in [5.41, 5.74) is 3.94. The van der Waals surface area contributed by atoms with Crippen LogP contribution < -0.4 is 10.2 Å². The molecule has 0 atom stereocenters. The number of piperazine rings is 1. The van der Waals surface area contributed by atoms with E-state index in [4.69, 9.17) is 0 Å². The molecule has 0 saturated carbocycles. The number of carbonyl (C=O) groups excluding carboxylic acids is 1. The van der Waals surface area contributed by atoms with E-state index in [1.807, 2.05) is 44.2 Å². The quantitative estimate of drug-likeness (QED) is 0.473. The van der Waals surface area contributed by atoms with Crippen LogP contribution in [-0.4, -0.2) is 58.2 Å². The van der Waals surface area contributed by atoms with Gasteiger partial charge in [-0.15, -0.1) is 0 Å². The number of aryl methyl sites for hydroxylation is 2. The minimum Gasteiger partial charge on any atom is -0.369 e. The molecule has 1 aliphatic rings. The van der Waals surface area contributed by atoms with Crippen LogP contribution in [0, 0.1) is 24.0 Å². The van der Waals surface area contributed by atoms with Gasteiger partial charge >= 0.3 is 0 Å². The van der Waals surface area contributed by atoms with Crippen molar-refractivity contribution >= 4 is 23.1 Å². The number of non-ortho nitro benzene ring substituents is 1. The van der Waals surface area contributed by atoms with Gasteiger partial charge in [-0.3, -0.25) is 19.8 Å². The summed E-state index contributed by atoms with van der Waals surface area (Å²) in [5, 5.41) is 18.3. The minimum absolute atomic E-state index is 0.0814. The summed E-state index contributed by atoms with van der Waals surface area (Å²) in [6.45, 7) is 7.21. The van der Waals surface area contributed by atoms with Gasteiger partial charge in [0.1, 0.15) is 5.82 Å². The van der Waals surface area contributed by atoms with Crippen LogP contribution in [0.3, 0.4) is 0 Å². The van der Waals surface area contributed by atoms with E-state index in [-0.39, 0.29) is 11.6 Å². The second-order valence-electron chi connectivity index (χ2n) is 8.00. The SMILES string of the molecule is Cc1ccc(-n2nc(C)cc2NC(=O)CN2CCN(c3ccc([N+](=O)[O-])cc3)CC2)cc1. The highest BCUT2D eigenvalue weighted by Gasteiger charge is 2.20. The summed E-state index contributed by atoms with van der Waals surface area (Å²) in [5.74, 6) is 0.572. The number of aromatic nitrogens is 2. The lowest BCUT2D eigenvalue weighted by Gasteiger charge is -2.35. The maximum Gasteiger partial charge on any atom is 0.269 e. The van der Waals surface area contributed by atoms with Crippen LogP contribution in [0.1, 0.15) is 11.3 Å². The van der Waals surface area contributed by atoms with Gasteiger partial charge in [-0.2, -0.15) is 5.10 Å². The van der Waals surface area contributed by atoms with E-state index >= 15 is 0 Å². The molecule has 32 heavy (non-hydrogen) atoms. The van der Waals surface area contributed by atoms with Gasteiger partial charge in [0.25, 0.3) is 5.69 Å². The fraction of sp³-hybridized carbons (Fsp3) is 0.304. The van der Waals surface area contributed by atoms with Crippen molar-refractivity contribution in [3.05, 3.63) is 76.0 Å². The Bertz CT molecular complexity index is 1100. The van der Waals surface area contributed by atoms with Gasteiger partial charge in [0, 0.05) is 50.1 Å². The average Bonchev–Trinajstić information content (AvgIpc) is 3.14. The molecule has 4 rings (SSSR count). The lowest BCUT2D eigenvalue weighted by atomic mass is 10.2. The van der Waals surface area contributed by atoms with E-state index in [2.05, 4.69) is 20.2 Å². The number of amides is 1. The molecule has 1 amide bonds. The number of hydrogen-bond acceptors (Lipinski definition) is 6. The van der Waals surface area contributed by atoms with Crippen molar-refractivity contribution in [2.24, 2.45) is 0 Å². The standard InChI is InChI=1S/C23H26N6O3/c1-17-3-5-20(6-4-17)28-22(15-18(2)25-28)24-23(30)16-26-11-13-27(14-12-26)19-7-9-21(10-8-19)29(31)32/h3-10,15H,11-14,16H2,1-2H3,(H,24,30). The Morgan fingerprint density at radius 3 is 2.25 bits per heavy atom. The van der Waals surface area contributed by atoms with Crippen LogP contribution in [-0.2, 0) is 4.79 Å². The number of benzene rings is 2. The lowest BCUT2D eigenvalue weighted by Crippen LogP contribution is -2.48. The third-order valence-corrected chi connectivity index (χ3v) is 5.54. The largest absolute Gasteiger partial charge is 0.369 e. The van der Waals surface area contributed by atoms with Crippen LogP contribution in [0.4, 0.5) is 17.2 Å². The van der Waals surface area contributed by atoms with Crippen LogP contribution in [0.25, 0.3) is 5.69 Å². The molecule has 2 aromatic carbocycles. The number of rotatable bonds is 6. The molecule has 9 nitrogen and oxygen atoms in total. The summed E-state index contributed by atoms with van der Waals surface area (Å²) >= 11 is 0. The zero-order valence-corrected chi connectivity index (χ0v) is 18.2. The molecule has 1 N–H and O–H groups in total. The minimum atomic E-state index is -0.396. The van der Waals surface area contributed by atoms with E-state index in [0.29, 0.717) is 12.4 Å². The molecule has 0 unspecified atom stereocenters. The Balaban J connectivity index is 1.33. The monoisotopic (exact) mass is 434 g/mol. The summed E-state index contributed by atoms with van der Waals surface area (Å²) < 4.78 is 1.75. The predicted octanol–water partition coefficient (Wildman–Crippen LogP) is 3.16. The van der Waals surface area contributed by atoms with Crippen LogP contribution in [0.2, 0.25) is 0 Å². The van der Waals surface area contributed by atoms with Gasteiger partial charge in [-0.1, -0.05) is 17.7 Å². The van der Waals surface area contributed by atoms with Crippen LogP contribution in [0.15, 0.2) is 54.6 Å². The Labute approximate surface area is 186 Å². The van der Waals surface area contributed by atoms with Gasteiger partial charge in [-0.05, 0) is 38.1 Å². The number of hydrogen-bond donors (Lipinski definition) is 1. The van der Waals surface area contributed by atoms with Crippen molar-refractivity contribution in [1.29, 1.82) is 0 Å². The Morgan fingerprint density at radius 1 is 1.00 bits per heavy atom. The van der Waals surface area contributed by atoms with E-state index in [1.54, 1.807) is 16.8 Å². The molecular weight excluding hydrogens is 408 g/mol. The predicted molar refractivity (Wildman–Crippen MR) is 123 cm³/mol. The molecule has 1 aliphatic heterocycles. The summed E-state index contributed by atoms with van der Waals surface area (Å²) in [7, 11) is 0. The van der Waals surface area contributed by atoms with Gasteiger partial charge in [-0.25, -0.2) is 4.68 Å². The third kappa shape index (κ3) is 4.94. The van der Waals surface area contributed by atoms with Crippen molar-refractivity contribution < 1.29 is 9.72 Å². The molecule has 1 aromatic heterocycles. The van der Waals surface area contributed by atoms with Crippen LogP contribution in [0.5, 0.6) is 0 Å². The first-order valence-electron chi connectivity index (χ1n) is 10.5. The molecule has 166 valence electrons. The number of anilines is 2. The smallest absolute Gasteiger partial charge is 0.269 e. The number of nitro groups is 1. The fourth-order valence-electron chi connectivity index (χ4n) is 3.81.